The van der Waals surface area contributed by atoms with E-state index in [0.29, 0.717) is 5.41 Å². The summed E-state index contributed by atoms with van der Waals surface area (Å²) >= 11 is 0. The normalized spacial score (nSPS) is 32.2. The summed E-state index contributed by atoms with van der Waals surface area (Å²) in [5, 5.41) is 8.93. The Labute approximate surface area is 100 Å². The summed E-state index contributed by atoms with van der Waals surface area (Å²) in [6, 6.07) is 0. The van der Waals surface area contributed by atoms with Crippen LogP contribution in [0.25, 0.3) is 0 Å². The van der Waals surface area contributed by atoms with E-state index in [9.17, 15) is 0 Å². The molecule has 2 nitrogen and oxygen atoms in total. The molecular formula is C12H26ClNO. The Morgan fingerprint density at radius 3 is 2.07 bits per heavy atom. The third kappa shape index (κ3) is 4.29. The molecule has 0 amide bonds. The second kappa shape index (κ2) is 5.51. The molecule has 1 fully saturated rings. The molecule has 0 spiro atoms. The van der Waals surface area contributed by atoms with Crippen molar-refractivity contribution in [2.45, 2.75) is 58.4 Å². The Kier molecular flexibility index (Phi) is 5.59. The molecule has 3 heteroatoms. The Balaban J connectivity index is 0.00000196. The van der Waals surface area contributed by atoms with Crippen molar-refractivity contribution in [1.82, 2.24) is 0 Å². The molecule has 3 N–H and O–H groups in total. The Hall–Kier alpha value is 0.210. The van der Waals surface area contributed by atoms with Crippen LogP contribution < -0.4 is 5.73 Å². The molecule has 0 radical (unpaired) electrons. The van der Waals surface area contributed by atoms with Gasteiger partial charge in [-0.3, -0.25) is 0 Å². The summed E-state index contributed by atoms with van der Waals surface area (Å²) in [6.45, 7) is 7.17. The van der Waals surface area contributed by atoms with Crippen LogP contribution in [0, 0.1) is 11.3 Å². The van der Waals surface area contributed by atoms with E-state index in [0.717, 1.165) is 25.2 Å². The van der Waals surface area contributed by atoms with Gasteiger partial charge in [-0.2, -0.15) is 0 Å². The number of hydrogen-bond acceptors (Lipinski definition) is 2. The fourth-order valence-electron chi connectivity index (χ4n) is 2.53. The van der Waals surface area contributed by atoms with Crippen LogP contribution in [0.2, 0.25) is 0 Å². The number of nitrogens with two attached hydrogens (primary N) is 1. The maximum atomic E-state index is 8.93. The van der Waals surface area contributed by atoms with Gasteiger partial charge in [0.2, 0.25) is 0 Å². The van der Waals surface area contributed by atoms with Crippen molar-refractivity contribution in [2.24, 2.45) is 17.1 Å². The van der Waals surface area contributed by atoms with Crippen molar-refractivity contribution < 1.29 is 5.11 Å². The van der Waals surface area contributed by atoms with Gasteiger partial charge in [-0.05, 0) is 43.4 Å². The predicted octanol–water partition coefficient (Wildman–Crippen LogP) is 2.72. The first-order valence-corrected chi connectivity index (χ1v) is 5.77. The van der Waals surface area contributed by atoms with Gasteiger partial charge in [0.05, 0.1) is 0 Å². The number of hydrogen-bond donors (Lipinski definition) is 2. The quantitative estimate of drug-likeness (QED) is 0.773. The molecule has 1 rings (SSSR count). The molecule has 0 aliphatic heterocycles. The van der Waals surface area contributed by atoms with Gasteiger partial charge < -0.3 is 10.8 Å². The SMILES string of the molecule is CC(C)(C)C1CCC(N)(CCO)CC1.Cl. The minimum absolute atomic E-state index is 0. The zero-order chi connectivity index (χ0) is 10.8. The van der Waals surface area contributed by atoms with Gasteiger partial charge in [0, 0.05) is 12.1 Å². The number of rotatable bonds is 2. The smallest absolute Gasteiger partial charge is 0.0448 e. The highest BCUT2D eigenvalue weighted by molar-refractivity contribution is 5.85. The fourth-order valence-corrected chi connectivity index (χ4v) is 2.53. The van der Waals surface area contributed by atoms with Gasteiger partial charge in [0.1, 0.15) is 0 Å². The lowest BCUT2D eigenvalue weighted by molar-refractivity contribution is 0.116. The zero-order valence-corrected chi connectivity index (χ0v) is 11.1. The topological polar surface area (TPSA) is 46.2 Å². The average Bonchev–Trinajstić information content (AvgIpc) is 2.03. The largest absolute Gasteiger partial charge is 0.396 e. The first-order chi connectivity index (χ1) is 6.37. The molecule has 1 aliphatic carbocycles. The predicted molar refractivity (Wildman–Crippen MR) is 67.3 cm³/mol. The van der Waals surface area contributed by atoms with Crippen molar-refractivity contribution in [3.8, 4) is 0 Å². The van der Waals surface area contributed by atoms with Crippen molar-refractivity contribution in [1.29, 1.82) is 0 Å². The van der Waals surface area contributed by atoms with Gasteiger partial charge >= 0.3 is 0 Å². The summed E-state index contributed by atoms with van der Waals surface area (Å²) in [5.74, 6) is 0.804. The highest BCUT2D eigenvalue weighted by Gasteiger charge is 2.35. The summed E-state index contributed by atoms with van der Waals surface area (Å²) in [7, 11) is 0. The van der Waals surface area contributed by atoms with Crippen LogP contribution in [0.1, 0.15) is 52.9 Å². The van der Waals surface area contributed by atoms with E-state index in [1.807, 2.05) is 0 Å². The van der Waals surface area contributed by atoms with Crippen molar-refractivity contribution >= 4 is 12.4 Å². The standard InChI is InChI=1S/C12H25NO.ClH/c1-11(2,3)10-4-6-12(13,7-5-10)8-9-14;/h10,14H,4-9,13H2,1-3H3;1H. The van der Waals surface area contributed by atoms with Crippen molar-refractivity contribution in [3.63, 3.8) is 0 Å². The van der Waals surface area contributed by atoms with Gasteiger partial charge in [-0.1, -0.05) is 20.8 Å². The molecule has 1 saturated carbocycles. The first-order valence-electron chi connectivity index (χ1n) is 5.77. The fraction of sp³-hybridized carbons (Fsp3) is 1.00. The number of aliphatic hydroxyl groups excluding tert-OH is 1. The molecule has 0 aromatic rings. The second-order valence-corrected chi connectivity index (χ2v) is 5.98. The summed E-state index contributed by atoms with van der Waals surface area (Å²) in [6.07, 6.45) is 5.37. The van der Waals surface area contributed by atoms with Crippen LogP contribution in [-0.4, -0.2) is 17.3 Å². The van der Waals surface area contributed by atoms with Gasteiger partial charge in [0.25, 0.3) is 0 Å². The minimum Gasteiger partial charge on any atom is -0.396 e. The molecule has 1 aliphatic rings. The zero-order valence-electron chi connectivity index (χ0n) is 10.3. The van der Waals surface area contributed by atoms with Crippen LogP contribution in [-0.2, 0) is 0 Å². The molecule has 15 heavy (non-hydrogen) atoms. The molecular weight excluding hydrogens is 210 g/mol. The van der Waals surface area contributed by atoms with E-state index in [4.69, 9.17) is 10.8 Å². The van der Waals surface area contributed by atoms with Crippen LogP contribution >= 0.6 is 12.4 Å². The van der Waals surface area contributed by atoms with Crippen molar-refractivity contribution in [2.75, 3.05) is 6.61 Å². The Morgan fingerprint density at radius 1 is 1.27 bits per heavy atom. The van der Waals surface area contributed by atoms with E-state index in [1.165, 1.54) is 12.8 Å². The highest BCUT2D eigenvalue weighted by atomic mass is 35.5. The molecule has 0 aromatic carbocycles. The third-order valence-corrected chi connectivity index (χ3v) is 3.82. The number of halogens is 1. The lowest BCUT2D eigenvalue weighted by Gasteiger charge is -2.42. The Morgan fingerprint density at radius 2 is 1.73 bits per heavy atom. The molecule has 92 valence electrons. The van der Waals surface area contributed by atoms with Crippen LogP contribution in [0.15, 0.2) is 0 Å². The van der Waals surface area contributed by atoms with Crippen LogP contribution in [0.4, 0.5) is 0 Å². The van der Waals surface area contributed by atoms with Crippen molar-refractivity contribution in [3.05, 3.63) is 0 Å². The Bertz CT molecular complexity index is 181. The van der Waals surface area contributed by atoms with E-state index in [-0.39, 0.29) is 24.6 Å². The molecule has 0 bridgehead atoms. The maximum absolute atomic E-state index is 8.93. The van der Waals surface area contributed by atoms with Gasteiger partial charge in [0.15, 0.2) is 0 Å². The maximum Gasteiger partial charge on any atom is 0.0448 e. The first kappa shape index (κ1) is 15.2. The molecule has 0 atom stereocenters. The third-order valence-electron chi connectivity index (χ3n) is 3.82. The van der Waals surface area contributed by atoms with Gasteiger partial charge in [-0.15, -0.1) is 12.4 Å². The van der Waals surface area contributed by atoms with Gasteiger partial charge in [-0.25, -0.2) is 0 Å². The molecule has 0 heterocycles. The average molecular weight is 236 g/mol. The summed E-state index contributed by atoms with van der Waals surface area (Å²) < 4.78 is 0. The minimum atomic E-state index is -0.0729. The summed E-state index contributed by atoms with van der Waals surface area (Å²) in [4.78, 5) is 0. The monoisotopic (exact) mass is 235 g/mol. The van der Waals surface area contributed by atoms with E-state index in [2.05, 4.69) is 20.8 Å². The second-order valence-electron chi connectivity index (χ2n) is 5.98. The van der Waals surface area contributed by atoms with E-state index in [1.54, 1.807) is 0 Å². The number of aliphatic hydroxyl groups is 1. The highest BCUT2D eigenvalue weighted by Crippen LogP contribution is 2.41. The molecule has 0 aromatic heterocycles. The van der Waals surface area contributed by atoms with E-state index >= 15 is 0 Å². The van der Waals surface area contributed by atoms with Crippen LogP contribution in [0.5, 0.6) is 0 Å². The summed E-state index contributed by atoms with van der Waals surface area (Å²) in [5.41, 5.74) is 6.56. The lowest BCUT2D eigenvalue weighted by atomic mass is 9.67. The lowest BCUT2D eigenvalue weighted by Crippen LogP contribution is -2.45. The van der Waals surface area contributed by atoms with E-state index < -0.39 is 0 Å². The van der Waals surface area contributed by atoms with Crippen LogP contribution in [0.3, 0.4) is 0 Å². The molecule has 0 saturated heterocycles. The molecule has 0 unspecified atom stereocenters.